The van der Waals surface area contributed by atoms with E-state index in [0.29, 0.717) is 5.92 Å². The molecule has 1 saturated heterocycles. The molecule has 7 nitrogen and oxygen atoms in total. The smallest absolute Gasteiger partial charge is 0.407 e. The number of amides is 2. The van der Waals surface area contributed by atoms with Gasteiger partial charge in [-0.1, -0.05) is 26.7 Å². The van der Waals surface area contributed by atoms with Crippen LogP contribution < -0.4 is 11.1 Å². The minimum Gasteiger partial charge on any atom is -0.453 e. The van der Waals surface area contributed by atoms with E-state index in [1.165, 1.54) is 13.5 Å². The maximum Gasteiger partial charge on any atom is 0.407 e. The summed E-state index contributed by atoms with van der Waals surface area (Å²) < 4.78 is 4.64. The first-order valence-electron chi connectivity index (χ1n) is 8.37. The van der Waals surface area contributed by atoms with Gasteiger partial charge in [-0.25, -0.2) is 4.79 Å². The standard InChI is InChI=1S/C16H28N4O3/c1-9(2)13(19-16(22)23-3)15(21)20-11-7-5-4-6-10(11)8-12(20)14(17)18/h9-13H,4-8H2,1-3H3,(H3,17,18)(H,19,22)/t10-,11-,12-,13-/m0/s1. The van der Waals surface area contributed by atoms with Crippen LogP contribution in [0, 0.1) is 17.2 Å². The quantitative estimate of drug-likeness (QED) is 0.537. The van der Waals surface area contributed by atoms with Gasteiger partial charge in [0.1, 0.15) is 11.9 Å². The van der Waals surface area contributed by atoms with Gasteiger partial charge in [0.25, 0.3) is 0 Å². The molecule has 0 aromatic rings. The lowest BCUT2D eigenvalue weighted by molar-refractivity contribution is -0.137. The Hall–Kier alpha value is -1.79. The molecule has 0 bridgehead atoms. The fourth-order valence-corrected chi connectivity index (χ4v) is 3.91. The van der Waals surface area contributed by atoms with E-state index in [9.17, 15) is 9.59 Å². The molecule has 1 heterocycles. The Bertz CT molecular complexity index is 480. The predicted octanol–water partition coefficient (Wildman–Crippen LogP) is 1.46. The number of nitrogens with two attached hydrogens (primary N) is 1. The van der Waals surface area contributed by atoms with Crippen LogP contribution in [0.3, 0.4) is 0 Å². The zero-order valence-electron chi connectivity index (χ0n) is 14.2. The minimum absolute atomic E-state index is 0.0355. The van der Waals surface area contributed by atoms with Gasteiger partial charge >= 0.3 is 6.09 Å². The summed E-state index contributed by atoms with van der Waals surface area (Å²) in [6.07, 6.45) is 4.43. The summed E-state index contributed by atoms with van der Waals surface area (Å²) in [5, 5.41) is 10.5. The first-order chi connectivity index (χ1) is 10.9. The molecule has 130 valence electrons. The highest BCUT2D eigenvalue weighted by atomic mass is 16.5. The number of fused-ring (bicyclic) bond motifs is 1. The minimum atomic E-state index is -0.662. The highest BCUT2D eigenvalue weighted by Crippen LogP contribution is 2.40. The number of likely N-dealkylation sites (tertiary alicyclic amines) is 1. The topological polar surface area (TPSA) is 109 Å². The zero-order chi connectivity index (χ0) is 17.1. The number of rotatable bonds is 4. The molecular formula is C16H28N4O3. The van der Waals surface area contributed by atoms with Gasteiger partial charge in [-0.05, 0) is 31.1 Å². The van der Waals surface area contributed by atoms with E-state index in [0.717, 1.165) is 25.7 Å². The van der Waals surface area contributed by atoms with Gasteiger partial charge in [-0.2, -0.15) is 0 Å². The number of ether oxygens (including phenoxy) is 1. The van der Waals surface area contributed by atoms with Gasteiger partial charge in [-0.15, -0.1) is 0 Å². The molecule has 4 atom stereocenters. The molecule has 23 heavy (non-hydrogen) atoms. The average molecular weight is 324 g/mol. The van der Waals surface area contributed by atoms with Crippen molar-refractivity contribution in [3.05, 3.63) is 0 Å². The molecule has 0 unspecified atom stereocenters. The second-order valence-electron chi connectivity index (χ2n) is 6.92. The van der Waals surface area contributed by atoms with Gasteiger partial charge in [0.15, 0.2) is 0 Å². The Morgan fingerprint density at radius 2 is 1.96 bits per heavy atom. The Morgan fingerprint density at radius 3 is 2.52 bits per heavy atom. The lowest BCUT2D eigenvalue weighted by Crippen LogP contribution is -2.57. The average Bonchev–Trinajstić information content (AvgIpc) is 2.91. The van der Waals surface area contributed by atoms with Crippen LogP contribution in [0.2, 0.25) is 0 Å². The second-order valence-corrected chi connectivity index (χ2v) is 6.92. The Labute approximate surface area is 137 Å². The first kappa shape index (κ1) is 17.6. The number of carbonyl (C=O) groups excluding carboxylic acids is 2. The number of amidine groups is 1. The van der Waals surface area contributed by atoms with Crippen molar-refractivity contribution in [2.45, 2.75) is 64.1 Å². The molecular weight excluding hydrogens is 296 g/mol. The van der Waals surface area contributed by atoms with Crippen molar-refractivity contribution < 1.29 is 14.3 Å². The summed E-state index contributed by atoms with van der Waals surface area (Å²) in [7, 11) is 1.28. The molecule has 0 spiro atoms. The van der Waals surface area contributed by atoms with Crippen molar-refractivity contribution >= 4 is 17.8 Å². The Balaban J connectivity index is 2.24. The summed E-state index contributed by atoms with van der Waals surface area (Å²) in [5.41, 5.74) is 5.76. The molecule has 4 N–H and O–H groups in total. The third kappa shape index (κ3) is 3.59. The summed E-state index contributed by atoms with van der Waals surface area (Å²) in [5.74, 6) is 0.220. The number of hydrogen-bond acceptors (Lipinski definition) is 4. The monoisotopic (exact) mass is 324 g/mol. The summed E-state index contributed by atoms with van der Waals surface area (Å²) in [4.78, 5) is 26.5. The van der Waals surface area contributed by atoms with E-state index in [-0.39, 0.29) is 29.7 Å². The van der Waals surface area contributed by atoms with Crippen molar-refractivity contribution in [3.63, 3.8) is 0 Å². The fourth-order valence-electron chi connectivity index (χ4n) is 3.91. The lowest BCUT2D eigenvalue weighted by atomic mass is 9.84. The van der Waals surface area contributed by atoms with Crippen LogP contribution in [0.5, 0.6) is 0 Å². The number of alkyl carbamates (subject to hydrolysis) is 1. The lowest BCUT2D eigenvalue weighted by Gasteiger charge is -2.36. The molecule has 0 aromatic carbocycles. The molecule has 2 rings (SSSR count). The van der Waals surface area contributed by atoms with Gasteiger partial charge < -0.3 is 20.7 Å². The van der Waals surface area contributed by atoms with E-state index in [1.807, 2.05) is 13.8 Å². The van der Waals surface area contributed by atoms with Crippen LogP contribution in [0.15, 0.2) is 0 Å². The molecule has 0 aromatic heterocycles. The van der Waals surface area contributed by atoms with Gasteiger partial charge in [-0.3, -0.25) is 10.2 Å². The molecule has 1 aliphatic carbocycles. The number of nitrogens with zero attached hydrogens (tertiary/aromatic N) is 1. The van der Waals surface area contributed by atoms with Gasteiger partial charge in [0.2, 0.25) is 5.91 Å². The van der Waals surface area contributed by atoms with Gasteiger partial charge in [0, 0.05) is 6.04 Å². The van der Waals surface area contributed by atoms with E-state index in [4.69, 9.17) is 11.1 Å². The van der Waals surface area contributed by atoms with E-state index in [1.54, 1.807) is 4.90 Å². The Morgan fingerprint density at radius 1 is 1.30 bits per heavy atom. The highest BCUT2D eigenvalue weighted by molar-refractivity contribution is 5.92. The Kier molecular flexibility index (Phi) is 5.49. The molecule has 2 aliphatic rings. The number of carbonyl (C=O) groups is 2. The van der Waals surface area contributed by atoms with E-state index < -0.39 is 12.1 Å². The van der Waals surface area contributed by atoms with Crippen LogP contribution in [-0.4, -0.2) is 48.0 Å². The van der Waals surface area contributed by atoms with Crippen molar-refractivity contribution in [3.8, 4) is 0 Å². The molecule has 2 amide bonds. The molecule has 1 aliphatic heterocycles. The predicted molar refractivity (Wildman–Crippen MR) is 87.1 cm³/mol. The van der Waals surface area contributed by atoms with E-state index >= 15 is 0 Å². The van der Waals surface area contributed by atoms with Crippen LogP contribution in [-0.2, 0) is 9.53 Å². The zero-order valence-corrected chi connectivity index (χ0v) is 14.2. The van der Waals surface area contributed by atoms with Crippen LogP contribution >= 0.6 is 0 Å². The number of methoxy groups -OCH3 is 1. The summed E-state index contributed by atoms with van der Waals surface area (Å²) in [6.45, 7) is 3.77. The number of nitrogens with one attached hydrogen (secondary N) is 2. The summed E-state index contributed by atoms with van der Waals surface area (Å²) >= 11 is 0. The first-order valence-corrected chi connectivity index (χ1v) is 8.37. The second kappa shape index (κ2) is 7.19. The largest absolute Gasteiger partial charge is 0.453 e. The number of hydrogen-bond donors (Lipinski definition) is 3. The SMILES string of the molecule is COC(=O)N[C@H](C(=O)N1[C@H](C(=N)N)C[C@@H]2CCCC[C@@H]21)C(C)C. The third-order valence-electron chi connectivity index (χ3n) is 5.09. The highest BCUT2D eigenvalue weighted by Gasteiger charge is 2.47. The normalized spacial score (nSPS) is 28.2. The van der Waals surface area contributed by atoms with Crippen molar-refractivity contribution in [2.24, 2.45) is 17.6 Å². The molecule has 1 saturated carbocycles. The maximum absolute atomic E-state index is 13.1. The van der Waals surface area contributed by atoms with Crippen molar-refractivity contribution in [2.75, 3.05) is 7.11 Å². The van der Waals surface area contributed by atoms with E-state index in [2.05, 4.69) is 10.1 Å². The van der Waals surface area contributed by atoms with Crippen molar-refractivity contribution in [1.82, 2.24) is 10.2 Å². The molecule has 2 fully saturated rings. The molecule has 0 radical (unpaired) electrons. The fraction of sp³-hybridized carbons (Fsp3) is 0.812. The van der Waals surface area contributed by atoms with Crippen LogP contribution in [0.4, 0.5) is 4.79 Å². The van der Waals surface area contributed by atoms with Gasteiger partial charge in [0.05, 0.1) is 13.2 Å². The van der Waals surface area contributed by atoms with Crippen LogP contribution in [0.1, 0.15) is 46.0 Å². The maximum atomic E-state index is 13.1. The third-order valence-corrected chi connectivity index (χ3v) is 5.09. The van der Waals surface area contributed by atoms with Crippen LogP contribution in [0.25, 0.3) is 0 Å². The summed E-state index contributed by atoms with van der Waals surface area (Å²) in [6, 6.07) is -0.882. The molecule has 7 heteroatoms. The van der Waals surface area contributed by atoms with Crippen molar-refractivity contribution in [1.29, 1.82) is 5.41 Å².